The smallest absolute Gasteiger partial charge is 0.188 e. The summed E-state index contributed by atoms with van der Waals surface area (Å²) in [7, 11) is 0. The van der Waals surface area contributed by atoms with E-state index in [1.165, 1.54) is 21.5 Å². The van der Waals surface area contributed by atoms with Crippen LogP contribution in [0.4, 0.5) is 73.9 Å². The van der Waals surface area contributed by atoms with Crippen LogP contribution in [0, 0.1) is 17.9 Å². The van der Waals surface area contributed by atoms with E-state index in [2.05, 4.69) is 401 Å². The van der Waals surface area contributed by atoms with Gasteiger partial charge < -0.3 is 37.3 Å². The summed E-state index contributed by atoms with van der Waals surface area (Å²) in [5, 5.41) is 32.4. The molecule has 0 saturated carbocycles. The van der Waals surface area contributed by atoms with E-state index in [0.717, 1.165) is 244 Å². The van der Waals surface area contributed by atoms with Crippen molar-refractivity contribution in [1.29, 1.82) is 5.26 Å². The van der Waals surface area contributed by atoms with Crippen molar-refractivity contribution in [2.75, 3.05) is 19.6 Å². The molecule has 4 aromatic heterocycles. The number of nitriles is 1. The fourth-order valence-electron chi connectivity index (χ4n) is 21.9. The molecule has 0 aliphatic carbocycles. The van der Waals surface area contributed by atoms with Crippen molar-refractivity contribution in [2.24, 2.45) is 0 Å². The molecule has 10 heteroatoms. The fourth-order valence-corrected chi connectivity index (χ4v) is 21.9. The normalized spacial score (nSPS) is 11.7. The minimum Gasteiger partial charge on any atom is -0.454 e. The average molecular weight is 1790 g/mol. The molecule has 0 amide bonds. The van der Waals surface area contributed by atoms with Crippen LogP contribution >= 0.6 is 0 Å². The highest BCUT2D eigenvalue weighted by Gasteiger charge is 2.33. The molecule has 0 atom stereocenters. The Morgan fingerprint density at radius 2 is 0.436 bits per heavy atom. The van der Waals surface area contributed by atoms with Crippen molar-refractivity contribution < 1.29 is 17.7 Å². The maximum absolute atomic E-state index is 10.3. The van der Waals surface area contributed by atoms with Gasteiger partial charge in [-0.2, -0.15) is 5.26 Å². The van der Waals surface area contributed by atoms with Gasteiger partial charge in [0, 0.05) is 81.3 Å². The van der Waals surface area contributed by atoms with E-state index in [9.17, 15) is 5.26 Å². The number of hydrogen-bond donors (Lipinski definition) is 0. The van der Waals surface area contributed by atoms with Crippen molar-refractivity contribution in [1.82, 2.24) is 0 Å². The highest BCUT2D eigenvalue weighted by molar-refractivity contribution is 6.32. The molecule has 0 unspecified atom stereocenters. The number of para-hydroxylation sites is 10. The highest BCUT2D eigenvalue weighted by atomic mass is 16.3. The molecule has 28 aromatic rings. The molecule has 24 aromatic carbocycles. The molecule has 140 heavy (non-hydrogen) atoms. The van der Waals surface area contributed by atoms with E-state index in [1.54, 1.807) is 0 Å². The van der Waals surface area contributed by atoms with Crippen LogP contribution in [0.15, 0.2) is 491 Å². The zero-order valence-corrected chi connectivity index (χ0v) is 75.3. The zero-order chi connectivity index (χ0) is 92.6. The van der Waals surface area contributed by atoms with Gasteiger partial charge >= 0.3 is 0 Å². The number of fused-ring (bicyclic) bond motifs is 12. The molecule has 0 spiro atoms. The van der Waals surface area contributed by atoms with Gasteiger partial charge in [-0.1, -0.05) is 358 Å². The molecule has 0 fully saturated rings. The Kier molecular flexibility index (Phi) is 18.9. The van der Waals surface area contributed by atoms with E-state index in [4.69, 9.17) is 24.2 Å². The summed E-state index contributed by atoms with van der Waals surface area (Å²) in [4.78, 5) is 13.4. The van der Waals surface area contributed by atoms with Gasteiger partial charge in [-0.05, 0) is 186 Å². The first-order valence-electron chi connectivity index (χ1n) is 47.1. The molecule has 10 nitrogen and oxygen atoms in total. The lowest BCUT2D eigenvalue weighted by Crippen LogP contribution is -2.13. The molecule has 0 bridgehead atoms. The summed E-state index contributed by atoms with van der Waals surface area (Å²) in [5.74, 6) is 0. The van der Waals surface area contributed by atoms with Gasteiger partial charge in [-0.25, -0.2) is 4.85 Å². The Morgan fingerprint density at radius 1 is 0.193 bits per heavy atom. The van der Waals surface area contributed by atoms with Crippen LogP contribution in [0.5, 0.6) is 0 Å². The predicted octanol–water partition coefficient (Wildman–Crippen LogP) is 37.7. The molecular formula is C130H78N6O4. The summed E-state index contributed by atoms with van der Waals surface area (Å²) < 4.78 is 27.3. The maximum Gasteiger partial charge on any atom is 0.188 e. The summed E-state index contributed by atoms with van der Waals surface area (Å²) >= 11 is 0. The summed E-state index contributed by atoms with van der Waals surface area (Å²) in [5.41, 5.74) is 27.8. The number of furan rings is 4. The fraction of sp³-hybridized carbons (Fsp3) is 0. The molecular weight excluding hydrogens is 1710 g/mol. The third kappa shape index (κ3) is 12.9. The zero-order valence-electron chi connectivity index (χ0n) is 75.3. The lowest BCUT2D eigenvalue weighted by Gasteiger charge is -2.31. The second kappa shape index (κ2) is 32.8. The Bertz CT molecular complexity index is 9350. The van der Waals surface area contributed by atoms with Crippen LogP contribution in [0.1, 0.15) is 5.56 Å². The Hall–Kier alpha value is -19.3. The Labute approximate surface area is 804 Å². The number of nitrogens with zero attached hydrogens (tertiary/aromatic N) is 6. The SMILES string of the molecule is [C-]#[N+]c1ccc(N(c2ccc3ccc4c(N(c5ccc(C#N)cc5-c5ccccc5)c5cccc6c5oc5ccccc56)ccc5ccc2c3c54)c2cccc3c2oc2ccccc23)c(-c2ccccc2)c1.c1ccc(-c2ccccc2N(c2ccc3ccc4c(N(c5ccccc5-c5ccccc5)c5cccc6c5oc5ccccc56)ccc5ccc2c3c54)c2cccc3c2oc2ccccc23)cc1. The van der Waals surface area contributed by atoms with Crippen LogP contribution < -0.4 is 19.6 Å². The molecule has 0 aliphatic rings. The molecule has 0 aliphatic heterocycles. The number of anilines is 12. The van der Waals surface area contributed by atoms with E-state index < -0.39 is 0 Å². The molecule has 0 radical (unpaired) electrons. The monoisotopic (exact) mass is 1790 g/mol. The average Bonchev–Trinajstić information content (AvgIpc) is 0.820. The Balaban J connectivity index is 0.000000141. The lowest BCUT2D eigenvalue weighted by molar-refractivity contribution is 0.669. The first-order chi connectivity index (χ1) is 69.4. The van der Waals surface area contributed by atoms with Crippen LogP contribution in [0.25, 0.3) is 202 Å². The van der Waals surface area contributed by atoms with Crippen molar-refractivity contribution in [3.05, 3.63) is 490 Å². The lowest BCUT2D eigenvalue weighted by atomic mass is 9.91. The number of hydrogen-bond acceptors (Lipinski definition) is 9. The first kappa shape index (κ1) is 80.4. The third-order valence-electron chi connectivity index (χ3n) is 28.0. The van der Waals surface area contributed by atoms with E-state index in [-0.39, 0.29) is 0 Å². The van der Waals surface area contributed by atoms with Gasteiger partial charge in [-0.3, -0.25) is 0 Å². The molecule has 652 valence electrons. The third-order valence-corrected chi connectivity index (χ3v) is 28.0. The summed E-state index contributed by atoms with van der Waals surface area (Å²) in [6, 6.07) is 169. The van der Waals surface area contributed by atoms with Gasteiger partial charge in [0.05, 0.1) is 86.5 Å². The van der Waals surface area contributed by atoms with Crippen molar-refractivity contribution in [3.8, 4) is 50.6 Å². The highest BCUT2D eigenvalue weighted by Crippen LogP contribution is 2.57. The summed E-state index contributed by atoms with van der Waals surface area (Å²) in [6.45, 7) is 8.08. The van der Waals surface area contributed by atoms with Crippen molar-refractivity contribution >= 4 is 226 Å². The second-order valence-electron chi connectivity index (χ2n) is 35.7. The van der Waals surface area contributed by atoms with E-state index in [1.807, 2.05) is 103 Å². The van der Waals surface area contributed by atoms with Crippen LogP contribution in [0.2, 0.25) is 0 Å². The van der Waals surface area contributed by atoms with Crippen LogP contribution in [0.3, 0.4) is 0 Å². The standard InChI is InChI=1S/C66H38N4O2.C64H40N2O2/c1-68-46-31-37-58(54(39-46)43-16-6-3-7-17-43)70(60-23-13-21-50-48-19-9-11-25-62(48)72-66(50)60)56-36-30-45-27-32-51-55(35-29-44-28-33-52(56)64(45)63(44)51)69(57-34-26-41(40-67)38-53(57)42-14-4-2-5-15-42)59-22-12-20-49-47-18-8-10-24-61(47)71-65(49)59;1-3-17-41(18-4-1)45-21-7-11-27-53(45)65(57-29-15-25-49-47-23-9-13-31-59(47)67-63(49)57)55-39-35-43-34-38-52-56(40-36-44-33-37-51(55)61(43)62(44)52)66(54-28-12-8-22-46(54)42-19-5-2-6-20-42)58-30-16-26-50-48-24-10-14-32-60(48)68-64(50)58/h2-39H;1-40H. The van der Waals surface area contributed by atoms with Gasteiger partial charge in [0.15, 0.2) is 28.0 Å². The van der Waals surface area contributed by atoms with Crippen LogP contribution in [-0.2, 0) is 0 Å². The van der Waals surface area contributed by atoms with Gasteiger partial charge in [-0.15, -0.1) is 0 Å². The van der Waals surface area contributed by atoms with Crippen LogP contribution in [-0.4, -0.2) is 0 Å². The van der Waals surface area contributed by atoms with Crippen molar-refractivity contribution in [2.45, 2.75) is 0 Å². The Morgan fingerprint density at radius 3 is 0.750 bits per heavy atom. The first-order valence-corrected chi connectivity index (χ1v) is 47.1. The molecule has 28 rings (SSSR count). The largest absolute Gasteiger partial charge is 0.454 e. The van der Waals surface area contributed by atoms with Gasteiger partial charge in [0.1, 0.15) is 22.3 Å². The minimum absolute atomic E-state index is 0.558. The quantitative estimate of drug-likeness (QED) is 0.0692. The minimum atomic E-state index is 0.558. The number of rotatable bonds is 16. The molecule has 0 N–H and O–H groups in total. The maximum atomic E-state index is 10.3. The topological polar surface area (TPSA) is 93.7 Å². The van der Waals surface area contributed by atoms with E-state index in [0.29, 0.717) is 11.3 Å². The second-order valence-corrected chi connectivity index (χ2v) is 35.7. The van der Waals surface area contributed by atoms with Gasteiger partial charge in [0.2, 0.25) is 0 Å². The van der Waals surface area contributed by atoms with Gasteiger partial charge in [0.25, 0.3) is 0 Å². The van der Waals surface area contributed by atoms with Crippen molar-refractivity contribution in [3.63, 3.8) is 0 Å². The molecule has 4 heterocycles. The van der Waals surface area contributed by atoms with E-state index >= 15 is 0 Å². The molecule has 0 saturated heterocycles. The predicted molar refractivity (Wildman–Crippen MR) is 581 cm³/mol. The summed E-state index contributed by atoms with van der Waals surface area (Å²) in [6.07, 6.45) is 0. The number of benzene rings is 24.